The van der Waals surface area contributed by atoms with Crippen molar-refractivity contribution in [2.24, 2.45) is 0 Å². The van der Waals surface area contributed by atoms with E-state index in [4.69, 9.17) is 28.3 Å². The van der Waals surface area contributed by atoms with Crippen LogP contribution in [0.1, 0.15) is 18.9 Å². The summed E-state index contributed by atoms with van der Waals surface area (Å²) in [6.45, 7) is 2.78. The van der Waals surface area contributed by atoms with Crippen molar-refractivity contribution in [2.75, 3.05) is 6.61 Å². The monoisotopic (exact) mass is 247 g/mol. The number of aliphatic hydroxyl groups is 1. The minimum atomic E-state index is 0.111. The first-order valence-electron chi connectivity index (χ1n) is 4.96. The topological polar surface area (TPSA) is 32.3 Å². The molecule has 0 bridgehead atoms. The number of halogens is 2. The maximum absolute atomic E-state index is 9.01. The number of hydrogen-bond donors (Lipinski definition) is 2. The summed E-state index contributed by atoms with van der Waals surface area (Å²) in [7, 11) is 0. The smallest absolute Gasteiger partial charge is 0.0637 e. The Morgan fingerprint density at radius 3 is 2.73 bits per heavy atom. The molecule has 1 aromatic rings. The molecule has 0 saturated heterocycles. The molecule has 0 saturated carbocycles. The van der Waals surface area contributed by atoms with Crippen molar-refractivity contribution in [3.05, 3.63) is 33.8 Å². The van der Waals surface area contributed by atoms with Gasteiger partial charge in [0.25, 0.3) is 0 Å². The van der Waals surface area contributed by atoms with Crippen molar-refractivity contribution in [1.29, 1.82) is 0 Å². The normalized spacial score (nSPS) is 12.8. The summed E-state index contributed by atoms with van der Waals surface area (Å²) < 4.78 is 0. The number of rotatable bonds is 5. The summed E-state index contributed by atoms with van der Waals surface area (Å²) in [5, 5.41) is 13.4. The molecular formula is C11H15Cl2NO. The van der Waals surface area contributed by atoms with Crippen molar-refractivity contribution in [1.82, 2.24) is 5.32 Å². The Hall–Kier alpha value is -0.280. The Kier molecular flexibility index (Phi) is 5.40. The highest BCUT2D eigenvalue weighted by molar-refractivity contribution is 6.42. The van der Waals surface area contributed by atoms with Crippen molar-refractivity contribution in [2.45, 2.75) is 25.9 Å². The third-order valence-corrected chi connectivity index (χ3v) is 3.18. The summed E-state index contributed by atoms with van der Waals surface area (Å²) in [5.41, 5.74) is 0.955. The quantitative estimate of drug-likeness (QED) is 0.839. The molecule has 0 fully saturated rings. The zero-order chi connectivity index (χ0) is 11.3. The molecule has 4 heteroatoms. The van der Waals surface area contributed by atoms with Gasteiger partial charge in [-0.05, 0) is 18.1 Å². The van der Waals surface area contributed by atoms with Gasteiger partial charge in [-0.1, -0.05) is 42.3 Å². The van der Waals surface area contributed by atoms with Gasteiger partial charge in [-0.2, -0.15) is 0 Å². The van der Waals surface area contributed by atoms with Gasteiger partial charge in [0.15, 0.2) is 0 Å². The molecule has 2 N–H and O–H groups in total. The fourth-order valence-corrected chi connectivity index (χ4v) is 1.66. The highest BCUT2D eigenvalue weighted by Crippen LogP contribution is 2.25. The Morgan fingerprint density at radius 1 is 1.40 bits per heavy atom. The maximum atomic E-state index is 9.01. The van der Waals surface area contributed by atoms with Gasteiger partial charge in [-0.15, -0.1) is 0 Å². The molecule has 0 aliphatic heterocycles. The molecule has 0 heterocycles. The van der Waals surface area contributed by atoms with Crippen molar-refractivity contribution >= 4 is 23.2 Å². The standard InChI is InChI=1S/C11H15Cl2NO/c1-2-9(7-15)14-6-8-4-3-5-10(12)11(8)13/h3-5,9,14-15H,2,6-7H2,1H3. The molecule has 1 atom stereocenters. The van der Waals surface area contributed by atoms with E-state index in [-0.39, 0.29) is 12.6 Å². The minimum Gasteiger partial charge on any atom is -0.395 e. The second-order valence-corrected chi connectivity index (χ2v) is 4.17. The van der Waals surface area contributed by atoms with Gasteiger partial charge in [-0.25, -0.2) is 0 Å². The molecular weight excluding hydrogens is 233 g/mol. The average Bonchev–Trinajstić information content (AvgIpc) is 2.25. The maximum Gasteiger partial charge on any atom is 0.0637 e. The molecule has 1 aromatic carbocycles. The molecule has 84 valence electrons. The Morgan fingerprint density at radius 2 is 2.13 bits per heavy atom. The lowest BCUT2D eigenvalue weighted by Crippen LogP contribution is -2.31. The summed E-state index contributed by atoms with van der Waals surface area (Å²) in [6, 6.07) is 5.66. The molecule has 0 aliphatic rings. The highest BCUT2D eigenvalue weighted by atomic mass is 35.5. The summed E-state index contributed by atoms with van der Waals surface area (Å²) in [6.07, 6.45) is 0.884. The van der Waals surface area contributed by atoms with E-state index < -0.39 is 0 Å². The lowest BCUT2D eigenvalue weighted by Gasteiger charge is -2.14. The predicted molar refractivity (Wildman–Crippen MR) is 64.5 cm³/mol. The molecule has 0 aromatic heterocycles. The van der Waals surface area contributed by atoms with Crippen LogP contribution >= 0.6 is 23.2 Å². The number of benzene rings is 1. The third-order valence-electron chi connectivity index (χ3n) is 2.33. The molecule has 0 radical (unpaired) electrons. The van der Waals surface area contributed by atoms with Crippen LogP contribution < -0.4 is 5.32 Å². The largest absolute Gasteiger partial charge is 0.395 e. The first-order chi connectivity index (χ1) is 7.19. The molecule has 0 spiro atoms. The van der Waals surface area contributed by atoms with E-state index in [9.17, 15) is 0 Å². The third kappa shape index (κ3) is 3.65. The fraction of sp³-hybridized carbons (Fsp3) is 0.455. The molecule has 0 amide bonds. The zero-order valence-electron chi connectivity index (χ0n) is 8.63. The summed E-state index contributed by atoms with van der Waals surface area (Å²) in [5.74, 6) is 0. The number of aliphatic hydroxyl groups excluding tert-OH is 1. The average molecular weight is 248 g/mol. The van der Waals surface area contributed by atoms with Gasteiger partial charge in [0, 0.05) is 12.6 Å². The van der Waals surface area contributed by atoms with Crippen molar-refractivity contribution in [3.8, 4) is 0 Å². The van der Waals surface area contributed by atoms with E-state index in [2.05, 4.69) is 5.32 Å². The zero-order valence-corrected chi connectivity index (χ0v) is 10.1. The number of nitrogens with one attached hydrogen (secondary N) is 1. The van der Waals surface area contributed by atoms with Crippen molar-refractivity contribution < 1.29 is 5.11 Å². The Labute approximate surface area is 100 Å². The van der Waals surface area contributed by atoms with Crippen LogP contribution in [-0.2, 0) is 6.54 Å². The Bertz CT molecular complexity index is 313. The lowest BCUT2D eigenvalue weighted by atomic mass is 10.2. The van der Waals surface area contributed by atoms with Crippen LogP contribution in [0.5, 0.6) is 0 Å². The first kappa shape index (κ1) is 12.8. The SMILES string of the molecule is CCC(CO)NCc1cccc(Cl)c1Cl. The van der Waals surface area contributed by atoms with E-state index in [1.165, 1.54) is 0 Å². The van der Waals surface area contributed by atoms with Crippen LogP contribution in [0.15, 0.2) is 18.2 Å². The van der Waals surface area contributed by atoms with Gasteiger partial charge >= 0.3 is 0 Å². The van der Waals surface area contributed by atoms with E-state index >= 15 is 0 Å². The van der Waals surface area contributed by atoms with Crippen LogP contribution in [-0.4, -0.2) is 17.8 Å². The van der Waals surface area contributed by atoms with Gasteiger partial charge in [-0.3, -0.25) is 0 Å². The van der Waals surface area contributed by atoms with E-state index in [1.807, 2.05) is 19.1 Å². The van der Waals surface area contributed by atoms with E-state index in [0.29, 0.717) is 16.6 Å². The van der Waals surface area contributed by atoms with Gasteiger partial charge in [0.1, 0.15) is 0 Å². The first-order valence-corrected chi connectivity index (χ1v) is 5.71. The van der Waals surface area contributed by atoms with Gasteiger partial charge in [0.2, 0.25) is 0 Å². The van der Waals surface area contributed by atoms with Crippen LogP contribution in [0.25, 0.3) is 0 Å². The van der Waals surface area contributed by atoms with Crippen LogP contribution in [0.3, 0.4) is 0 Å². The molecule has 1 unspecified atom stereocenters. The molecule has 0 aliphatic carbocycles. The second-order valence-electron chi connectivity index (χ2n) is 3.38. The van der Waals surface area contributed by atoms with Gasteiger partial charge < -0.3 is 10.4 Å². The molecule has 1 rings (SSSR count). The summed E-state index contributed by atoms with van der Waals surface area (Å²) in [4.78, 5) is 0. The minimum absolute atomic E-state index is 0.111. The van der Waals surface area contributed by atoms with E-state index in [0.717, 1.165) is 12.0 Å². The fourth-order valence-electron chi connectivity index (χ4n) is 1.28. The van der Waals surface area contributed by atoms with E-state index in [1.54, 1.807) is 6.07 Å². The second kappa shape index (κ2) is 6.33. The highest BCUT2D eigenvalue weighted by Gasteiger charge is 2.07. The molecule has 2 nitrogen and oxygen atoms in total. The summed E-state index contributed by atoms with van der Waals surface area (Å²) >= 11 is 11.9. The van der Waals surface area contributed by atoms with Crippen LogP contribution in [0, 0.1) is 0 Å². The van der Waals surface area contributed by atoms with Crippen LogP contribution in [0.2, 0.25) is 10.0 Å². The van der Waals surface area contributed by atoms with Gasteiger partial charge in [0.05, 0.1) is 16.7 Å². The number of hydrogen-bond acceptors (Lipinski definition) is 2. The van der Waals surface area contributed by atoms with Crippen molar-refractivity contribution in [3.63, 3.8) is 0 Å². The molecule has 15 heavy (non-hydrogen) atoms. The lowest BCUT2D eigenvalue weighted by molar-refractivity contribution is 0.238. The Balaban J connectivity index is 2.61. The van der Waals surface area contributed by atoms with Crippen LogP contribution in [0.4, 0.5) is 0 Å². The predicted octanol–water partition coefficient (Wildman–Crippen LogP) is 2.85.